The highest BCUT2D eigenvalue weighted by atomic mass is 32.1. The van der Waals surface area contributed by atoms with Gasteiger partial charge in [0.25, 0.3) is 5.91 Å². The van der Waals surface area contributed by atoms with Crippen molar-refractivity contribution in [2.45, 2.75) is 103 Å². The summed E-state index contributed by atoms with van der Waals surface area (Å²) in [6.07, 6.45) is 7.09. The minimum absolute atomic E-state index is 0.193. The molecule has 3 saturated heterocycles. The largest absolute Gasteiger partial charge is 0.464 e. The number of anilines is 1. The zero-order valence-electron chi connectivity index (χ0n) is 32.0. The van der Waals surface area contributed by atoms with E-state index in [0.717, 1.165) is 69.3 Å². The third-order valence-corrected chi connectivity index (χ3v) is 12.7. The first kappa shape index (κ1) is 37.1. The van der Waals surface area contributed by atoms with Crippen LogP contribution in [0.5, 0.6) is 0 Å². The van der Waals surface area contributed by atoms with Gasteiger partial charge in [-0.05, 0) is 76.3 Å². The Morgan fingerprint density at radius 2 is 1.96 bits per heavy atom. The Labute approximate surface area is 321 Å². The number of fused-ring (bicyclic) bond motifs is 7. The number of piperazine rings is 1. The van der Waals surface area contributed by atoms with Gasteiger partial charge in [0.2, 0.25) is 0 Å². The Bertz CT molecular complexity index is 2040. The number of cyclic esters (lactones) is 1. The summed E-state index contributed by atoms with van der Waals surface area (Å²) < 4.78 is 8.41. The van der Waals surface area contributed by atoms with Gasteiger partial charge in [-0.25, -0.2) is 10.4 Å². The molecule has 1 amide bonds. The number of ether oxygens (including phenoxy) is 1. The predicted molar refractivity (Wildman–Crippen MR) is 212 cm³/mol. The summed E-state index contributed by atoms with van der Waals surface area (Å²) in [5.74, 6) is -0.624. The molecule has 7 heterocycles. The fourth-order valence-corrected chi connectivity index (χ4v) is 9.84. The number of piperidine rings is 1. The van der Waals surface area contributed by atoms with E-state index in [0.29, 0.717) is 50.5 Å². The van der Waals surface area contributed by atoms with Crippen LogP contribution < -0.4 is 16.1 Å². The van der Waals surface area contributed by atoms with Crippen molar-refractivity contribution in [3.63, 3.8) is 0 Å². The summed E-state index contributed by atoms with van der Waals surface area (Å²) in [7, 11) is 0. The second-order valence-corrected chi connectivity index (χ2v) is 17.4. The summed E-state index contributed by atoms with van der Waals surface area (Å²) in [4.78, 5) is 42.0. The third kappa shape index (κ3) is 7.16. The molecule has 4 aliphatic heterocycles. The SMILES string of the molecule is CCn1c(-c2cc(N3CCN4CCCC[C@@H]4C3)cnc2[C@H](C)O)c2c3cc(ccc31)-c1csc(n1)C[C@H](N)C(=O)N1CCC[C@H](N1)C(=O)OCC(C)(C)C2. The zero-order valence-corrected chi connectivity index (χ0v) is 32.8. The van der Waals surface area contributed by atoms with Crippen LogP contribution in [0.4, 0.5) is 5.69 Å². The van der Waals surface area contributed by atoms with Crippen LogP contribution in [0.2, 0.25) is 0 Å². The van der Waals surface area contributed by atoms with Crippen LogP contribution in [-0.4, -0.2) is 98.9 Å². The molecular formula is C41H54N8O4S. The smallest absolute Gasteiger partial charge is 0.324 e. The maximum atomic E-state index is 13.5. The van der Waals surface area contributed by atoms with Crippen molar-refractivity contribution in [3.8, 4) is 22.5 Å². The fraction of sp³-hybridized carbons (Fsp3) is 0.561. The molecule has 4 atom stereocenters. The van der Waals surface area contributed by atoms with Crippen LogP contribution in [0.3, 0.4) is 0 Å². The highest BCUT2D eigenvalue weighted by Crippen LogP contribution is 2.43. The van der Waals surface area contributed by atoms with Crippen LogP contribution in [-0.2, 0) is 33.7 Å². The molecule has 12 nitrogen and oxygen atoms in total. The lowest BCUT2D eigenvalue weighted by atomic mass is 9.84. The standard InChI is InChI=1S/C41H54N8O4S/c1-5-48-35-12-11-26-17-29(35)31(38(48)30-18-28(21-43-37(30)25(2)50)47-16-15-46-13-7-6-9-27(46)22-47)20-41(3,4)24-53-40(52)33-10-8-14-49(45-33)39(51)32(42)19-36-44-34(26)23-54-36/h11-12,17-18,21,23,25,27,32-33,45,50H,5-10,13-16,19-20,22,24,42H2,1-4H3/t25-,27+,32-,33-/m0/s1. The Hall–Kier alpha value is -3.88. The minimum atomic E-state index is -0.793. The highest BCUT2D eigenvalue weighted by Gasteiger charge is 2.35. The van der Waals surface area contributed by atoms with Gasteiger partial charge >= 0.3 is 5.97 Å². The molecule has 4 aromatic rings. The van der Waals surface area contributed by atoms with Gasteiger partial charge in [0, 0.05) is 78.0 Å². The van der Waals surface area contributed by atoms with Gasteiger partial charge in [-0.15, -0.1) is 11.3 Å². The molecule has 288 valence electrons. The van der Waals surface area contributed by atoms with Crippen molar-refractivity contribution in [2.75, 3.05) is 44.2 Å². The van der Waals surface area contributed by atoms with E-state index in [9.17, 15) is 14.7 Å². The molecule has 0 aliphatic carbocycles. The van der Waals surface area contributed by atoms with Gasteiger partial charge in [0.15, 0.2) is 0 Å². The summed E-state index contributed by atoms with van der Waals surface area (Å²) in [5, 5.41) is 16.6. The summed E-state index contributed by atoms with van der Waals surface area (Å²) in [5.41, 5.74) is 16.8. The van der Waals surface area contributed by atoms with Crippen molar-refractivity contribution >= 4 is 39.8 Å². The molecule has 8 rings (SSSR count). The Morgan fingerprint density at radius 3 is 2.78 bits per heavy atom. The quantitative estimate of drug-likeness (QED) is 0.242. The number of amides is 1. The second-order valence-electron chi connectivity index (χ2n) is 16.4. The van der Waals surface area contributed by atoms with Crippen molar-refractivity contribution in [3.05, 3.63) is 52.1 Å². The number of benzene rings is 1. The number of pyridine rings is 1. The summed E-state index contributed by atoms with van der Waals surface area (Å²) in [6, 6.07) is 7.88. The average Bonchev–Trinajstić information content (AvgIpc) is 3.77. The predicted octanol–water partition coefficient (Wildman–Crippen LogP) is 5.07. The van der Waals surface area contributed by atoms with E-state index in [-0.39, 0.29) is 18.5 Å². The summed E-state index contributed by atoms with van der Waals surface area (Å²) in [6.45, 7) is 13.7. The maximum Gasteiger partial charge on any atom is 0.324 e. The number of rotatable bonds is 4. The maximum absolute atomic E-state index is 13.5. The number of nitrogens with two attached hydrogens (primary N) is 1. The van der Waals surface area contributed by atoms with E-state index < -0.39 is 23.6 Å². The van der Waals surface area contributed by atoms with E-state index in [1.807, 2.05) is 11.6 Å². The number of hydrazine groups is 1. The van der Waals surface area contributed by atoms with E-state index >= 15 is 0 Å². The summed E-state index contributed by atoms with van der Waals surface area (Å²) >= 11 is 1.50. The number of nitrogens with zero attached hydrogens (tertiary/aromatic N) is 6. The van der Waals surface area contributed by atoms with Crippen molar-refractivity contribution < 1.29 is 19.4 Å². The number of carbonyl (C=O) groups is 2. The molecule has 6 bridgehead atoms. The first-order valence-corrected chi connectivity index (χ1v) is 20.6. The molecule has 1 aromatic carbocycles. The number of aryl methyl sites for hydroxylation is 1. The molecular weight excluding hydrogens is 701 g/mol. The van der Waals surface area contributed by atoms with Crippen molar-refractivity contribution in [1.82, 2.24) is 29.9 Å². The van der Waals surface area contributed by atoms with Gasteiger partial charge in [-0.3, -0.25) is 24.5 Å². The van der Waals surface area contributed by atoms with Crippen LogP contribution in [0.25, 0.3) is 33.4 Å². The van der Waals surface area contributed by atoms with E-state index in [4.69, 9.17) is 20.4 Å². The highest BCUT2D eigenvalue weighted by molar-refractivity contribution is 7.10. The first-order chi connectivity index (χ1) is 26.0. The number of hydrogen-bond donors (Lipinski definition) is 3. The average molecular weight is 755 g/mol. The molecule has 4 aliphatic rings. The normalized spacial score (nSPS) is 24.6. The van der Waals surface area contributed by atoms with Crippen LogP contribution in [0.15, 0.2) is 35.8 Å². The van der Waals surface area contributed by atoms with Gasteiger partial charge in [0.1, 0.15) is 6.04 Å². The van der Waals surface area contributed by atoms with Crippen LogP contribution in [0, 0.1) is 5.41 Å². The van der Waals surface area contributed by atoms with Crippen LogP contribution >= 0.6 is 11.3 Å². The number of thiazole rings is 1. The third-order valence-electron chi connectivity index (χ3n) is 11.8. The number of aliphatic hydroxyl groups excluding tert-OH is 1. The molecule has 0 unspecified atom stereocenters. The number of hydrogen-bond acceptors (Lipinski definition) is 11. The lowest BCUT2D eigenvalue weighted by Gasteiger charge is -2.45. The molecule has 3 fully saturated rings. The van der Waals surface area contributed by atoms with E-state index in [1.54, 1.807) is 6.92 Å². The van der Waals surface area contributed by atoms with Crippen LogP contribution in [0.1, 0.15) is 82.2 Å². The monoisotopic (exact) mass is 754 g/mol. The molecule has 0 radical (unpaired) electrons. The van der Waals surface area contributed by atoms with Crippen molar-refractivity contribution in [2.24, 2.45) is 11.1 Å². The first-order valence-electron chi connectivity index (χ1n) is 19.8. The van der Waals surface area contributed by atoms with Gasteiger partial charge < -0.3 is 25.0 Å². The Kier molecular flexibility index (Phi) is 10.3. The molecule has 4 N–H and O–H groups in total. The second kappa shape index (κ2) is 15.0. The Morgan fingerprint density at radius 1 is 1.11 bits per heavy atom. The fourth-order valence-electron chi connectivity index (χ4n) is 8.97. The van der Waals surface area contributed by atoms with Crippen molar-refractivity contribution in [1.29, 1.82) is 0 Å². The Balaban J connectivity index is 1.26. The number of aromatic nitrogens is 3. The molecule has 3 aromatic heterocycles. The lowest BCUT2D eigenvalue weighted by Crippen LogP contribution is -2.59. The zero-order chi connectivity index (χ0) is 37.7. The molecule has 13 heteroatoms. The van der Waals surface area contributed by atoms with Gasteiger partial charge in [-0.2, -0.15) is 0 Å². The van der Waals surface area contributed by atoms with Gasteiger partial charge in [0.05, 0.1) is 52.7 Å². The number of carbonyl (C=O) groups excluding carboxylic acids is 2. The van der Waals surface area contributed by atoms with Gasteiger partial charge in [-0.1, -0.05) is 26.3 Å². The minimum Gasteiger partial charge on any atom is -0.464 e. The molecule has 54 heavy (non-hydrogen) atoms. The lowest BCUT2D eigenvalue weighted by molar-refractivity contribution is -0.154. The topological polar surface area (TPSA) is 142 Å². The molecule has 0 saturated carbocycles. The number of nitrogens with one attached hydrogen (secondary N) is 1. The molecule has 0 spiro atoms. The number of esters is 1. The van der Waals surface area contributed by atoms with E-state index in [2.05, 4.69) is 64.8 Å². The van der Waals surface area contributed by atoms with E-state index in [1.165, 1.54) is 42.2 Å². The number of aliphatic hydroxyl groups is 1.